The molecule has 1 atom stereocenters. The number of hydrogen-bond donors (Lipinski definition) is 2. The van der Waals surface area contributed by atoms with Crippen LogP contribution in [0.1, 0.15) is 45.4 Å². The quantitative estimate of drug-likeness (QED) is 0.830. The van der Waals surface area contributed by atoms with E-state index in [1.807, 2.05) is 6.92 Å². The standard InChI is InChI=1S/C14H27N3O.2ClH/c1-11(10-15)14(18)16-12-6-8-17(9-7-12)13-4-2-3-5-13;;/h11-13H,2-10,15H2,1H3,(H,16,18);2*1H. The largest absolute Gasteiger partial charge is 0.353 e. The van der Waals surface area contributed by atoms with Crippen molar-refractivity contribution in [2.45, 2.75) is 57.5 Å². The van der Waals surface area contributed by atoms with Crippen molar-refractivity contribution in [3.63, 3.8) is 0 Å². The minimum Gasteiger partial charge on any atom is -0.353 e. The van der Waals surface area contributed by atoms with Crippen molar-refractivity contribution < 1.29 is 4.79 Å². The van der Waals surface area contributed by atoms with Gasteiger partial charge in [-0.25, -0.2) is 0 Å². The first-order valence-corrected chi connectivity index (χ1v) is 7.45. The van der Waals surface area contributed by atoms with Gasteiger partial charge in [0.25, 0.3) is 0 Å². The molecule has 20 heavy (non-hydrogen) atoms. The molecule has 3 N–H and O–H groups in total. The second-order valence-electron chi connectivity index (χ2n) is 5.89. The molecule has 120 valence electrons. The Labute approximate surface area is 135 Å². The van der Waals surface area contributed by atoms with Crippen LogP contribution in [0.2, 0.25) is 0 Å². The first-order chi connectivity index (χ1) is 8.70. The van der Waals surface area contributed by atoms with E-state index in [1.54, 1.807) is 0 Å². The molecule has 1 saturated carbocycles. The Balaban J connectivity index is 0.00000180. The number of hydrogen-bond acceptors (Lipinski definition) is 3. The zero-order chi connectivity index (χ0) is 13.0. The van der Waals surface area contributed by atoms with Crippen molar-refractivity contribution in [3.8, 4) is 0 Å². The van der Waals surface area contributed by atoms with Gasteiger partial charge < -0.3 is 16.0 Å². The molecule has 0 aromatic rings. The Morgan fingerprint density at radius 3 is 2.25 bits per heavy atom. The maximum Gasteiger partial charge on any atom is 0.224 e. The van der Waals surface area contributed by atoms with E-state index in [-0.39, 0.29) is 36.6 Å². The van der Waals surface area contributed by atoms with Crippen LogP contribution < -0.4 is 11.1 Å². The number of nitrogens with two attached hydrogens (primary N) is 1. The summed E-state index contributed by atoms with van der Waals surface area (Å²) in [6, 6.07) is 1.19. The molecule has 4 nitrogen and oxygen atoms in total. The normalized spacial score (nSPS) is 22.7. The van der Waals surface area contributed by atoms with Gasteiger partial charge in [-0.1, -0.05) is 19.8 Å². The third-order valence-corrected chi connectivity index (χ3v) is 4.52. The number of rotatable bonds is 4. The number of piperidine rings is 1. The van der Waals surface area contributed by atoms with Crippen LogP contribution in [0.5, 0.6) is 0 Å². The molecule has 2 rings (SSSR count). The van der Waals surface area contributed by atoms with Gasteiger partial charge in [-0.15, -0.1) is 24.8 Å². The number of carbonyl (C=O) groups excluding carboxylic acids is 1. The molecular formula is C14H29Cl2N3O. The van der Waals surface area contributed by atoms with E-state index < -0.39 is 0 Å². The summed E-state index contributed by atoms with van der Waals surface area (Å²) >= 11 is 0. The smallest absolute Gasteiger partial charge is 0.224 e. The van der Waals surface area contributed by atoms with Gasteiger partial charge >= 0.3 is 0 Å². The lowest BCUT2D eigenvalue weighted by Gasteiger charge is -2.36. The maximum absolute atomic E-state index is 11.8. The molecule has 0 aromatic carbocycles. The second kappa shape index (κ2) is 9.82. The number of amides is 1. The fourth-order valence-electron chi connectivity index (χ4n) is 3.13. The summed E-state index contributed by atoms with van der Waals surface area (Å²) in [5.74, 6) is 0.0645. The van der Waals surface area contributed by atoms with Crippen LogP contribution in [0.4, 0.5) is 0 Å². The van der Waals surface area contributed by atoms with Crippen LogP contribution in [0.15, 0.2) is 0 Å². The summed E-state index contributed by atoms with van der Waals surface area (Å²) in [4.78, 5) is 14.4. The molecule has 1 aliphatic heterocycles. The molecule has 1 aliphatic carbocycles. The van der Waals surface area contributed by atoms with Gasteiger partial charge in [-0.2, -0.15) is 0 Å². The molecule has 0 spiro atoms. The summed E-state index contributed by atoms with van der Waals surface area (Å²) < 4.78 is 0. The zero-order valence-corrected chi connectivity index (χ0v) is 14.0. The molecular weight excluding hydrogens is 297 g/mol. The molecule has 2 aliphatic rings. The molecule has 0 bridgehead atoms. The minimum atomic E-state index is -0.0575. The first kappa shape index (κ1) is 20.0. The third kappa shape index (κ3) is 5.40. The highest BCUT2D eigenvalue weighted by molar-refractivity contribution is 5.85. The van der Waals surface area contributed by atoms with Gasteiger partial charge in [-0.3, -0.25) is 4.79 Å². The number of nitrogens with one attached hydrogen (secondary N) is 1. The Morgan fingerprint density at radius 2 is 1.75 bits per heavy atom. The maximum atomic E-state index is 11.8. The van der Waals surface area contributed by atoms with Crippen LogP contribution >= 0.6 is 24.8 Å². The fraction of sp³-hybridized carbons (Fsp3) is 0.929. The Morgan fingerprint density at radius 1 is 1.20 bits per heavy atom. The lowest BCUT2D eigenvalue weighted by molar-refractivity contribution is -0.125. The van der Waals surface area contributed by atoms with E-state index in [4.69, 9.17) is 5.73 Å². The number of carbonyl (C=O) groups is 1. The van der Waals surface area contributed by atoms with E-state index in [0.29, 0.717) is 12.6 Å². The number of halogens is 2. The molecule has 0 radical (unpaired) electrons. The summed E-state index contributed by atoms with van der Waals surface area (Å²) in [7, 11) is 0. The van der Waals surface area contributed by atoms with Crippen LogP contribution in [-0.2, 0) is 4.79 Å². The van der Waals surface area contributed by atoms with Crippen molar-refractivity contribution in [1.29, 1.82) is 0 Å². The predicted octanol–water partition coefficient (Wildman–Crippen LogP) is 1.95. The zero-order valence-electron chi connectivity index (χ0n) is 12.3. The van der Waals surface area contributed by atoms with Crippen molar-refractivity contribution >= 4 is 30.7 Å². The lowest BCUT2D eigenvalue weighted by Crippen LogP contribution is -2.48. The summed E-state index contributed by atoms with van der Waals surface area (Å²) in [6.45, 7) is 4.62. The summed E-state index contributed by atoms with van der Waals surface area (Å²) in [5.41, 5.74) is 5.51. The third-order valence-electron chi connectivity index (χ3n) is 4.52. The van der Waals surface area contributed by atoms with Crippen molar-refractivity contribution in [2.75, 3.05) is 19.6 Å². The molecule has 1 heterocycles. The van der Waals surface area contributed by atoms with Gasteiger partial charge in [0.15, 0.2) is 0 Å². The van der Waals surface area contributed by atoms with Crippen molar-refractivity contribution in [1.82, 2.24) is 10.2 Å². The van der Waals surface area contributed by atoms with E-state index in [1.165, 1.54) is 25.7 Å². The highest BCUT2D eigenvalue weighted by atomic mass is 35.5. The SMILES string of the molecule is CC(CN)C(=O)NC1CCN(C2CCCC2)CC1.Cl.Cl. The van der Waals surface area contributed by atoms with Crippen LogP contribution in [-0.4, -0.2) is 42.5 Å². The van der Waals surface area contributed by atoms with Crippen LogP contribution in [0.3, 0.4) is 0 Å². The van der Waals surface area contributed by atoms with Crippen molar-refractivity contribution in [3.05, 3.63) is 0 Å². The topological polar surface area (TPSA) is 58.4 Å². The first-order valence-electron chi connectivity index (χ1n) is 7.45. The monoisotopic (exact) mass is 325 g/mol. The van der Waals surface area contributed by atoms with Crippen LogP contribution in [0, 0.1) is 5.92 Å². The van der Waals surface area contributed by atoms with Gasteiger partial charge in [0.2, 0.25) is 5.91 Å². The van der Waals surface area contributed by atoms with Gasteiger partial charge in [-0.05, 0) is 25.7 Å². The predicted molar refractivity (Wildman–Crippen MR) is 87.7 cm³/mol. The van der Waals surface area contributed by atoms with E-state index in [0.717, 1.165) is 32.0 Å². The highest BCUT2D eigenvalue weighted by Gasteiger charge is 2.28. The van der Waals surface area contributed by atoms with Crippen LogP contribution in [0.25, 0.3) is 0 Å². The number of nitrogens with zero attached hydrogens (tertiary/aromatic N) is 1. The highest BCUT2D eigenvalue weighted by Crippen LogP contribution is 2.26. The molecule has 2 fully saturated rings. The molecule has 1 unspecified atom stereocenters. The molecule has 0 aromatic heterocycles. The lowest BCUT2D eigenvalue weighted by atomic mass is 10.0. The fourth-order valence-corrected chi connectivity index (χ4v) is 3.13. The Bertz CT molecular complexity index is 278. The Hall–Kier alpha value is -0.0300. The average molecular weight is 326 g/mol. The Kier molecular flexibility index (Phi) is 9.81. The van der Waals surface area contributed by atoms with E-state index >= 15 is 0 Å². The van der Waals surface area contributed by atoms with Gasteiger partial charge in [0, 0.05) is 37.6 Å². The number of likely N-dealkylation sites (tertiary alicyclic amines) is 1. The van der Waals surface area contributed by atoms with Crippen molar-refractivity contribution in [2.24, 2.45) is 11.7 Å². The van der Waals surface area contributed by atoms with Gasteiger partial charge in [0.1, 0.15) is 0 Å². The second-order valence-corrected chi connectivity index (χ2v) is 5.89. The minimum absolute atomic E-state index is 0. The average Bonchev–Trinajstić information content (AvgIpc) is 2.92. The summed E-state index contributed by atoms with van der Waals surface area (Å²) in [5, 5.41) is 3.14. The van der Waals surface area contributed by atoms with E-state index in [2.05, 4.69) is 10.2 Å². The molecule has 1 amide bonds. The molecule has 6 heteroatoms. The summed E-state index contributed by atoms with van der Waals surface area (Å²) in [6.07, 6.45) is 7.74. The molecule has 1 saturated heterocycles. The van der Waals surface area contributed by atoms with E-state index in [9.17, 15) is 4.79 Å². The van der Waals surface area contributed by atoms with Gasteiger partial charge in [0.05, 0.1) is 0 Å².